The largest absolute Gasteiger partial charge is 0.508 e. The topological polar surface area (TPSA) is 110 Å². The number of hydrogen-bond donors (Lipinski definition) is 4. The Morgan fingerprint density at radius 1 is 1.04 bits per heavy atom. The number of nitrogens with zero attached hydrogens (tertiary/aromatic N) is 1. The van der Waals surface area contributed by atoms with E-state index in [1.54, 1.807) is 12.1 Å². The van der Waals surface area contributed by atoms with Gasteiger partial charge in [-0.25, -0.2) is 4.79 Å². The molecule has 2 aromatic rings. The molecule has 0 aliphatic rings. The lowest BCUT2D eigenvalue weighted by Crippen LogP contribution is -2.21. The summed E-state index contributed by atoms with van der Waals surface area (Å²) in [6, 6.07) is 9.65. The van der Waals surface area contributed by atoms with Crippen molar-refractivity contribution in [2.45, 2.75) is 18.9 Å². The Hall–Kier alpha value is -3.02. The standard InChI is InChI=1S/C17H17NO5/c19-12-6-4-11(5-7-12)10-14(17(22)23)18-9-8-13-15(20)2-1-3-16(13)21/h1-7,9,14,19-21H,8,10H2,(H,22,23). The van der Waals surface area contributed by atoms with Gasteiger partial charge in [0.15, 0.2) is 6.04 Å². The molecule has 0 aliphatic heterocycles. The first-order valence-corrected chi connectivity index (χ1v) is 6.99. The van der Waals surface area contributed by atoms with Crippen LogP contribution in [0, 0.1) is 0 Å². The molecule has 0 heterocycles. The maximum Gasteiger partial charge on any atom is 0.328 e. The smallest absolute Gasteiger partial charge is 0.328 e. The van der Waals surface area contributed by atoms with Gasteiger partial charge in [0.05, 0.1) is 0 Å². The lowest BCUT2D eigenvalue weighted by Gasteiger charge is -2.08. The minimum atomic E-state index is -1.07. The molecule has 4 N–H and O–H groups in total. The van der Waals surface area contributed by atoms with E-state index in [2.05, 4.69) is 4.99 Å². The third-order valence-corrected chi connectivity index (χ3v) is 3.36. The Kier molecular flexibility index (Phi) is 5.19. The normalized spacial score (nSPS) is 12.3. The van der Waals surface area contributed by atoms with Crippen molar-refractivity contribution in [3.05, 3.63) is 53.6 Å². The average Bonchev–Trinajstić information content (AvgIpc) is 2.51. The van der Waals surface area contributed by atoms with E-state index >= 15 is 0 Å². The van der Waals surface area contributed by atoms with Crippen LogP contribution in [0.2, 0.25) is 0 Å². The minimum Gasteiger partial charge on any atom is -0.508 e. The fourth-order valence-corrected chi connectivity index (χ4v) is 2.10. The summed E-state index contributed by atoms with van der Waals surface area (Å²) >= 11 is 0. The van der Waals surface area contributed by atoms with E-state index in [4.69, 9.17) is 0 Å². The Morgan fingerprint density at radius 2 is 1.65 bits per heavy atom. The van der Waals surface area contributed by atoms with Crippen molar-refractivity contribution in [1.29, 1.82) is 0 Å². The second-order valence-corrected chi connectivity index (χ2v) is 5.04. The van der Waals surface area contributed by atoms with E-state index < -0.39 is 12.0 Å². The maximum absolute atomic E-state index is 11.3. The van der Waals surface area contributed by atoms with Crippen LogP contribution in [0.5, 0.6) is 17.2 Å². The molecule has 0 radical (unpaired) electrons. The molecule has 2 aromatic carbocycles. The van der Waals surface area contributed by atoms with Gasteiger partial charge >= 0.3 is 5.97 Å². The molecule has 0 spiro atoms. The summed E-state index contributed by atoms with van der Waals surface area (Å²) in [5.41, 5.74) is 1.03. The predicted octanol–water partition coefficient (Wildman–Crippen LogP) is 2.11. The van der Waals surface area contributed by atoms with Crippen molar-refractivity contribution >= 4 is 12.2 Å². The molecule has 0 saturated heterocycles. The summed E-state index contributed by atoms with van der Waals surface area (Å²) in [7, 11) is 0. The van der Waals surface area contributed by atoms with Crippen LogP contribution in [-0.2, 0) is 17.6 Å². The molecule has 0 aromatic heterocycles. The zero-order valence-electron chi connectivity index (χ0n) is 12.3. The number of carboxylic acids is 1. The molecule has 6 nitrogen and oxygen atoms in total. The number of hydrogen-bond acceptors (Lipinski definition) is 5. The van der Waals surface area contributed by atoms with Gasteiger partial charge in [-0.05, 0) is 29.8 Å². The first-order chi connectivity index (χ1) is 11.0. The van der Waals surface area contributed by atoms with Gasteiger partial charge in [-0.2, -0.15) is 0 Å². The van der Waals surface area contributed by atoms with Gasteiger partial charge in [0.2, 0.25) is 0 Å². The molecule has 0 fully saturated rings. The van der Waals surface area contributed by atoms with Crippen LogP contribution in [0.1, 0.15) is 11.1 Å². The van der Waals surface area contributed by atoms with Gasteiger partial charge in [-0.15, -0.1) is 0 Å². The number of aliphatic carboxylic acids is 1. The third-order valence-electron chi connectivity index (χ3n) is 3.36. The number of phenols is 3. The number of carboxylic acid groups (broad SMARTS) is 1. The Morgan fingerprint density at radius 3 is 2.22 bits per heavy atom. The van der Waals surface area contributed by atoms with Gasteiger partial charge in [0.25, 0.3) is 0 Å². The highest BCUT2D eigenvalue weighted by atomic mass is 16.4. The third kappa shape index (κ3) is 4.47. The van der Waals surface area contributed by atoms with Crippen LogP contribution in [0.25, 0.3) is 0 Å². The predicted molar refractivity (Wildman–Crippen MR) is 85.2 cm³/mol. The summed E-state index contributed by atoms with van der Waals surface area (Å²) in [6.45, 7) is 0. The van der Waals surface area contributed by atoms with Crippen molar-refractivity contribution in [3.8, 4) is 17.2 Å². The van der Waals surface area contributed by atoms with Crippen molar-refractivity contribution in [3.63, 3.8) is 0 Å². The van der Waals surface area contributed by atoms with Crippen molar-refractivity contribution in [2.24, 2.45) is 4.99 Å². The number of rotatable bonds is 6. The lowest BCUT2D eigenvalue weighted by molar-refractivity contribution is -0.138. The number of aromatic hydroxyl groups is 3. The summed E-state index contributed by atoms with van der Waals surface area (Å²) in [5, 5.41) is 37.8. The lowest BCUT2D eigenvalue weighted by atomic mass is 10.1. The summed E-state index contributed by atoms with van der Waals surface area (Å²) in [4.78, 5) is 15.3. The highest BCUT2D eigenvalue weighted by Crippen LogP contribution is 2.26. The number of phenolic OH excluding ortho intramolecular Hbond substituents is 3. The summed E-state index contributed by atoms with van der Waals surface area (Å²) < 4.78 is 0. The van der Waals surface area contributed by atoms with Crippen LogP contribution in [0.3, 0.4) is 0 Å². The second kappa shape index (κ2) is 7.31. The number of benzene rings is 2. The zero-order chi connectivity index (χ0) is 16.8. The van der Waals surface area contributed by atoms with Gasteiger partial charge < -0.3 is 20.4 Å². The van der Waals surface area contributed by atoms with Crippen molar-refractivity contribution < 1.29 is 25.2 Å². The van der Waals surface area contributed by atoms with E-state index in [0.717, 1.165) is 5.56 Å². The SMILES string of the molecule is O=C(O)C(Cc1ccc(O)cc1)N=CCc1c(O)cccc1O. The number of aliphatic imine (C=N–C) groups is 1. The fraction of sp³-hybridized carbons (Fsp3) is 0.176. The van der Waals surface area contributed by atoms with E-state index in [1.807, 2.05) is 0 Å². The molecule has 0 amide bonds. The first-order valence-electron chi connectivity index (χ1n) is 6.99. The van der Waals surface area contributed by atoms with Crippen LogP contribution in [0.15, 0.2) is 47.5 Å². The molecule has 6 heteroatoms. The van der Waals surface area contributed by atoms with Crippen LogP contribution >= 0.6 is 0 Å². The molecule has 1 unspecified atom stereocenters. The quantitative estimate of drug-likeness (QED) is 0.610. The van der Waals surface area contributed by atoms with Crippen molar-refractivity contribution in [1.82, 2.24) is 0 Å². The number of carbonyl (C=O) groups is 1. The Labute approximate surface area is 133 Å². The molecule has 0 bridgehead atoms. The molecule has 1 atom stereocenters. The van der Waals surface area contributed by atoms with Gasteiger partial charge in [0.1, 0.15) is 17.2 Å². The monoisotopic (exact) mass is 315 g/mol. The average molecular weight is 315 g/mol. The van der Waals surface area contributed by atoms with Crippen LogP contribution in [0.4, 0.5) is 0 Å². The molecule has 23 heavy (non-hydrogen) atoms. The summed E-state index contributed by atoms with van der Waals surface area (Å²) in [5.74, 6) is -1.10. The highest BCUT2D eigenvalue weighted by Gasteiger charge is 2.16. The molecule has 0 saturated carbocycles. The fourth-order valence-electron chi connectivity index (χ4n) is 2.10. The summed E-state index contributed by atoms with van der Waals surface area (Å²) in [6.07, 6.45) is 1.67. The highest BCUT2D eigenvalue weighted by molar-refractivity contribution is 5.77. The Balaban J connectivity index is 2.07. The molecular weight excluding hydrogens is 298 g/mol. The maximum atomic E-state index is 11.3. The van der Waals surface area contributed by atoms with Crippen LogP contribution in [-0.4, -0.2) is 38.7 Å². The van der Waals surface area contributed by atoms with E-state index in [-0.39, 0.29) is 30.1 Å². The molecule has 0 aliphatic carbocycles. The first kappa shape index (κ1) is 16.4. The van der Waals surface area contributed by atoms with E-state index in [9.17, 15) is 25.2 Å². The van der Waals surface area contributed by atoms with Gasteiger partial charge in [0, 0.05) is 24.6 Å². The second-order valence-electron chi connectivity index (χ2n) is 5.04. The van der Waals surface area contributed by atoms with Crippen molar-refractivity contribution in [2.75, 3.05) is 0 Å². The van der Waals surface area contributed by atoms with Gasteiger partial charge in [-0.1, -0.05) is 18.2 Å². The zero-order valence-corrected chi connectivity index (χ0v) is 12.3. The molecule has 2 rings (SSSR count). The van der Waals surface area contributed by atoms with Crippen LogP contribution < -0.4 is 0 Å². The van der Waals surface area contributed by atoms with E-state index in [0.29, 0.717) is 5.56 Å². The van der Waals surface area contributed by atoms with Gasteiger partial charge in [-0.3, -0.25) is 4.99 Å². The molecule has 120 valence electrons. The minimum absolute atomic E-state index is 0.0677. The molecular formula is C17H17NO5. The Bertz CT molecular complexity index is 689. The van der Waals surface area contributed by atoms with E-state index in [1.165, 1.54) is 36.5 Å².